The number of thiol groups is 1. The van der Waals surface area contributed by atoms with Crippen LogP contribution >= 0.6 is 12.6 Å². The lowest BCUT2D eigenvalue weighted by atomic mass is 10.1. The standard InChI is InChI=1S/C19H24N2S.HI/c1-4-19(22)15-21(3)18-9-7-16(8-10-18)5-6-17-11-13-20(2)14-12-17;/h5-14,19H,4,15H2,1-3H3;1H. The molecule has 0 amide bonds. The Morgan fingerprint density at radius 1 is 1.04 bits per heavy atom. The van der Waals surface area contributed by atoms with Crippen LogP contribution in [0.15, 0.2) is 48.8 Å². The SMILES string of the molecule is CCC(S)CN(C)c1ccc(/C=C/c2cc[n+](C)cc2)cc1.[I-]. The minimum atomic E-state index is 0. The molecule has 1 aromatic carbocycles. The maximum absolute atomic E-state index is 4.57. The molecule has 0 aliphatic heterocycles. The van der Waals surface area contributed by atoms with Crippen LogP contribution in [0.2, 0.25) is 0 Å². The minimum absolute atomic E-state index is 0. The summed E-state index contributed by atoms with van der Waals surface area (Å²) in [6.07, 6.45) is 9.48. The highest BCUT2D eigenvalue weighted by Gasteiger charge is 2.05. The van der Waals surface area contributed by atoms with Gasteiger partial charge in [-0.15, -0.1) is 0 Å². The Balaban J connectivity index is 0.00000264. The summed E-state index contributed by atoms with van der Waals surface area (Å²) in [5.74, 6) is 0. The first kappa shape index (κ1) is 20.0. The molecule has 2 rings (SSSR count). The molecule has 4 heteroatoms. The fourth-order valence-electron chi connectivity index (χ4n) is 2.21. The zero-order valence-electron chi connectivity index (χ0n) is 14.0. The van der Waals surface area contributed by atoms with Gasteiger partial charge in [0.2, 0.25) is 0 Å². The van der Waals surface area contributed by atoms with E-state index in [0.29, 0.717) is 5.25 Å². The van der Waals surface area contributed by atoms with Crippen molar-refractivity contribution in [2.24, 2.45) is 7.05 Å². The Kier molecular flexibility index (Phi) is 8.69. The summed E-state index contributed by atoms with van der Waals surface area (Å²) in [5.41, 5.74) is 3.65. The van der Waals surface area contributed by atoms with E-state index in [1.54, 1.807) is 0 Å². The number of nitrogens with zero attached hydrogens (tertiary/aromatic N) is 2. The summed E-state index contributed by atoms with van der Waals surface area (Å²) >= 11 is 4.57. The third-order valence-corrected chi connectivity index (χ3v) is 4.29. The first-order chi connectivity index (χ1) is 10.6. The van der Waals surface area contributed by atoms with Gasteiger partial charge in [0, 0.05) is 36.7 Å². The van der Waals surface area contributed by atoms with Crippen molar-refractivity contribution in [2.45, 2.75) is 18.6 Å². The van der Waals surface area contributed by atoms with E-state index < -0.39 is 0 Å². The van der Waals surface area contributed by atoms with Gasteiger partial charge in [0.1, 0.15) is 7.05 Å². The van der Waals surface area contributed by atoms with E-state index in [-0.39, 0.29) is 24.0 Å². The largest absolute Gasteiger partial charge is 1.00 e. The molecule has 0 saturated carbocycles. The van der Waals surface area contributed by atoms with E-state index in [1.807, 2.05) is 11.6 Å². The normalized spacial score (nSPS) is 12.0. The smallest absolute Gasteiger partial charge is 0.169 e. The van der Waals surface area contributed by atoms with E-state index in [2.05, 4.69) is 92.4 Å². The summed E-state index contributed by atoms with van der Waals surface area (Å²) in [6, 6.07) is 12.9. The van der Waals surface area contributed by atoms with E-state index in [9.17, 15) is 0 Å². The van der Waals surface area contributed by atoms with Crippen molar-refractivity contribution in [1.82, 2.24) is 0 Å². The molecule has 23 heavy (non-hydrogen) atoms. The van der Waals surface area contributed by atoms with Crippen molar-refractivity contribution in [1.29, 1.82) is 0 Å². The number of aromatic nitrogens is 1. The molecular weight excluding hydrogens is 415 g/mol. The number of benzene rings is 1. The second-order valence-corrected chi connectivity index (χ2v) is 6.39. The lowest BCUT2D eigenvalue weighted by Crippen LogP contribution is -3.00. The topological polar surface area (TPSA) is 7.12 Å². The van der Waals surface area contributed by atoms with Gasteiger partial charge in [0.05, 0.1) is 0 Å². The Labute approximate surface area is 162 Å². The van der Waals surface area contributed by atoms with Crippen molar-refractivity contribution in [2.75, 3.05) is 18.5 Å². The minimum Gasteiger partial charge on any atom is -1.00 e. The van der Waals surface area contributed by atoms with Crippen molar-refractivity contribution in [3.63, 3.8) is 0 Å². The monoisotopic (exact) mass is 440 g/mol. The molecule has 0 N–H and O–H groups in total. The molecule has 0 radical (unpaired) electrons. The van der Waals surface area contributed by atoms with Crippen LogP contribution in [0.5, 0.6) is 0 Å². The van der Waals surface area contributed by atoms with Gasteiger partial charge >= 0.3 is 0 Å². The molecule has 124 valence electrons. The highest BCUT2D eigenvalue weighted by atomic mass is 127. The van der Waals surface area contributed by atoms with Crippen LogP contribution < -0.4 is 33.4 Å². The van der Waals surface area contributed by atoms with Gasteiger partial charge in [-0.2, -0.15) is 12.6 Å². The molecule has 1 aromatic heterocycles. The van der Waals surface area contributed by atoms with E-state index >= 15 is 0 Å². The van der Waals surface area contributed by atoms with Crippen molar-refractivity contribution in [3.8, 4) is 0 Å². The third kappa shape index (κ3) is 6.55. The lowest BCUT2D eigenvalue weighted by molar-refractivity contribution is -0.671. The van der Waals surface area contributed by atoms with Crippen LogP contribution in [0.25, 0.3) is 12.2 Å². The molecule has 0 spiro atoms. The maximum atomic E-state index is 4.57. The molecular formula is C19H25IN2S. The molecule has 1 atom stereocenters. The van der Waals surface area contributed by atoms with Crippen LogP contribution in [-0.2, 0) is 7.05 Å². The highest BCUT2D eigenvalue weighted by Crippen LogP contribution is 2.17. The number of halogens is 1. The quantitative estimate of drug-likeness (QED) is 0.397. The molecule has 0 fully saturated rings. The molecule has 0 saturated heterocycles. The molecule has 0 aliphatic carbocycles. The lowest BCUT2D eigenvalue weighted by Gasteiger charge is -2.22. The van der Waals surface area contributed by atoms with Crippen molar-refractivity contribution < 1.29 is 28.5 Å². The Bertz CT molecular complexity index is 608. The summed E-state index contributed by atoms with van der Waals surface area (Å²) in [7, 11) is 4.14. The number of hydrogen-bond acceptors (Lipinski definition) is 2. The molecule has 0 bridgehead atoms. The van der Waals surface area contributed by atoms with Gasteiger partial charge in [-0.05, 0) is 29.7 Å². The predicted octanol–water partition coefficient (Wildman–Crippen LogP) is 0.830. The van der Waals surface area contributed by atoms with Gasteiger partial charge in [-0.25, -0.2) is 4.57 Å². The average molecular weight is 440 g/mol. The van der Waals surface area contributed by atoms with Crippen LogP contribution in [0, 0.1) is 0 Å². The van der Waals surface area contributed by atoms with Gasteiger partial charge < -0.3 is 28.9 Å². The highest BCUT2D eigenvalue weighted by molar-refractivity contribution is 7.81. The Hall–Kier alpha value is -1.01. The number of pyridine rings is 1. The number of aryl methyl sites for hydroxylation is 1. The second-order valence-electron chi connectivity index (χ2n) is 5.66. The molecule has 1 heterocycles. The van der Waals surface area contributed by atoms with E-state index in [4.69, 9.17) is 0 Å². The van der Waals surface area contributed by atoms with Crippen LogP contribution in [0.4, 0.5) is 5.69 Å². The van der Waals surface area contributed by atoms with E-state index in [1.165, 1.54) is 16.8 Å². The van der Waals surface area contributed by atoms with Gasteiger partial charge in [0.15, 0.2) is 12.4 Å². The Morgan fingerprint density at radius 2 is 1.57 bits per heavy atom. The number of rotatable bonds is 6. The zero-order valence-corrected chi connectivity index (χ0v) is 17.0. The fourth-order valence-corrected chi connectivity index (χ4v) is 2.45. The van der Waals surface area contributed by atoms with E-state index in [0.717, 1.165) is 13.0 Å². The second kappa shape index (κ2) is 9.98. The van der Waals surface area contributed by atoms with Gasteiger partial charge in [-0.1, -0.05) is 31.2 Å². The fraction of sp³-hybridized carbons (Fsp3) is 0.316. The van der Waals surface area contributed by atoms with Crippen molar-refractivity contribution >= 4 is 30.5 Å². The number of anilines is 1. The van der Waals surface area contributed by atoms with Crippen LogP contribution in [0.1, 0.15) is 24.5 Å². The summed E-state index contributed by atoms with van der Waals surface area (Å²) in [6.45, 7) is 3.14. The van der Waals surface area contributed by atoms with Crippen LogP contribution in [-0.4, -0.2) is 18.8 Å². The summed E-state index contributed by atoms with van der Waals surface area (Å²) in [4.78, 5) is 2.26. The van der Waals surface area contributed by atoms with Crippen molar-refractivity contribution in [3.05, 3.63) is 59.9 Å². The first-order valence-electron chi connectivity index (χ1n) is 7.71. The number of hydrogen-bond donors (Lipinski definition) is 1. The maximum Gasteiger partial charge on any atom is 0.169 e. The molecule has 0 aliphatic rings. The zero-order chi connectivity index (χ0) is 15.9. The average Bonchev–Trinajstić information content (AvgIpc) is 2.54. The van der Waals surface area contributed by atoms with Gasteiger partial charge in [-0.3, -0.25) is 0 Å². The summed E-state index contributed by atoms with van der Waals surface area (Å²) in [5, 5.41) is 0.420. The Morgan fingerprint density at radius 3 is 2.09 bits per heavy atom. The summed E-state index contributed by atoms with van der Waals surface area (Å²) < 4.78 is 2.03. The molecule has 2 aromatic rings. The predicted molar refractivity (Wildman–Crippen MR) is 99.3 cm³/mol. The van der Waals surface area contributed by atoms with Gasteiger partial charge in [0.25, 0.3) is 0 Å². The third-order valence-electron chi connectivity index (χ3n) is 3.76. The van der Waals surface area contributed by atoms with Crippen LogP contribution in [0.3, 0.4) is 0 Å². The first-order valence-corrected chi connectivity index (χ1v) is 8.22. The molecule has 2 nitrogen and oxygen atoms in total. The molecule has 1 unspecified atom stereocenters.